The average molecular weight is 197 g/mol. The molecule has 78 valence electrons. The first-order valence-electron chi connectivity index (χ1n) is 5.07. The third kappa shape index (κ3) is 1.66. The lowest BCUT2D eigenvalue weighted by atomic mass is 9.99. The lowest BCUT2D eigenvalue weighted by Crippen LogP contribution is -2.40. The zero-order valence-electron chi connectivity index (χ0n) is 8.36. The number of hydrogen-bond acceptors (Lipinski definition) is 3. The van der Waals surface area contributed by atoms with Crippen LogP contribution in [-0.2, 0) is 14.3 Å². The summed E-state index contributed by atoms with van der Waals surface area (Å²) in [5, 5.41) is 0. The molecule has 2 unspecified atom stereocenters. The van der Waals surface area contributed by atoms with E-state index in [2.05, 4.69) is 0 Å². The quantitative estimate of drug-likeness (QED) is 0.595. The van der Waals surface area contributed by atoms with Gasteiger partial charge in [0.25, 0.3) is 0 Å². The van der Waals surface area contributed by atoms with Crippen molar-refractivity contribution in [1.82, 2.24) is 4.90 Å². The van der Waals surface area contributed by atoms with Gasteiger partial charge in [0.15, 0.2) is 5.78 Å². The summed E-state index contributed by atoms with van der Waals surface area (Å²) in [6.07, 6.45) is 1.09. The van der Waals surface area contributed by atoms with Crippen molar-refractivity contribution in [3.63, 3.8) is 0 Å². The molecule has 0 aromatic heterocycles. The van der Waals surface area contributed by atoms with E-state index in [1.807, 2.05) is 6.92 Å². The molecule has 0 aliphatic carbocycles. The van der Waals surface area contributed by atoms with Gasteiger partial charge < -0.3 is 9.64 Å². The third-order valence-electron chi connectivity index (χ3n) is 3.15. The lowest BCUT2D eigenvalue weighted by Gasteiger charge is -2.27. The molecular weight excluding hydrogens is 182 g/mol. The number of carbonyl (C=O) groups is 2. The van der Waals surface area contributed by atoms with Gasteiger partial charge in [-0.3, -0.25) is 9.59 Å². The fourth-order valence-corrected chi connectivity index (χ4v) is 2.16. The Hall–Kier alpha value is -0.900. The minimum absolute atomic E-state index is 0.0191. The standard InChI is InChI=1S/C10H15NO3/c1-7(8-2-3-14-6-8)11-5-9(12)4-10(11)13/h7-8H,2-6H2,1H3. The first-order chi connectivity index (χ1) is 6.68. The molecule has 2 heterocycles. The van der Waals surface area contributed by atoms with Crippen LogP contribution in [0.2, 0.25) is 0 Å². The molecule has 0 radical (unpaired) electrons. The maximum atomic E-state index is 11.4. The molecule has 14 heavy (non-hydrogen) atoms. The highest BCUT2D eigenvalue weighted by molar-refractivity contribution is 6.05. The zero-order valence-corrected chi connectivity index (χ0v) is 8.36. The summed E-state index contributed by atoms with van der Waals surface area (Å²) in [6.45, 7) is 3.82. The summed E-state index contributed by atoms with van der Waals surface area (Å²) >= 11 is 0. The summed E-state index contributed by atoms with van der Waals surface area (Å²) in [6, 6.07) is 0.149. The minimum Gasteiger partial charge on any atom is -0.381 e. The summed E-state index contributed by atoms with van der Waals surface area (Å²) in [4.78, 5) is 24.2. The second kappa shape index (κ2) is 3.69. The maximum absolute atomic E-state index is 11.4. The topological polar surface area (TPSA) is 46.6 Å². The summed E-state index contributed by atoms with van der Waals surface area (Å²) in [7, 11) is 0. The van der Waals surface area contributed by atoms with Crippen molar-refractivity contribution in [2.75, 3.05) is 19.8 Å². The van der Waals surface area contributed by atoms with E-state index >= 15 is 0 Å². The van der Waals surface area contributed by atoms with Crippen LogP contribution in [0.5, 0.6) is 0 Å². The van der Waals surface area contributed by atoms with Gasteiger partial charge in [-0.1, -0.05) is 0 Å². The van der Waals surface area contributed by atoms with Crippen LogP contribution in [0.3, 0.4) is 0 Å². The van der Waals surface area contributed by atoms with Gasteiger partial charge in [-0.15, -0.1) is 0 Å². The zero-order chi connectivity index (χ0) is 10.1. The Morgan fingerprint density at radius 3 is 2.79 bits per heavy atom. The summed E-state index contributed by atoms with van der Waals surface area (Å²) in [5.41, 5.74) is 0. The van der Waals surface area contributed by atoms with E-state index in [9.17, 15) is 9.59 Å². The predicted molar refractivity (Wildman–Crippen MR) is 49.7 cm³/mol. The molecule has 2 fully saturated rings. The van der Waals surface area contributed by atoms with Crippen LogP contribution in [0.25, 0.3) is 0 Å². The van der Waals surface area contributed by atoms with Gasteiger partial charge in [-0.25, -0.2) is 0 Å². The Morgan fingerprint density at radius 1 is 1.50 bits per heavy atom. The van der Waals surface area contributed by atoms with Crippen molar-refractivity contribution in [3.8, 4) is 0 Å². The number of ketones is 1. The Labute approximate surface area is 83.2 Å². The van der Waals surface area contributed by atoms with Gasteiger partial charge in [0, 0.05) is 18.6 Å². The van der Waals surface area contributed by atoms with Crippen molar-refractivity contribution in [2.24, 2.45) is 5.92 Å². The van der Waals surface area contributed by atoms with Crippen LogP contribution in [0, 0.1) is 5.92 Å². The van der Waals surface area contributed by atoms with Crippen LogP contribution >= 0.6 is 0 Å². The van der Waals surface area contributed by atoms with E-state index in [1.54, 1.807) is 4.90 Å². The van der Waals surface area contributed by atoms with Crippen molar-refractivity contribution in [1.29, 1.82) is 0 Å². The summed E-state index contributed by atoms with van der Waals surface area (Å²) in [5.74, 6) is 0.431. The normalized spacial score (nSPS) is 30.1. The molecule has 0 N–H and O–H groups in total. The lowest BCUT2D eigenvalue weighted by molar-refractivity contribution is -0.130. The fourth-order valence-electron chi connectivity index (χ4n) is 2.16. The predicted octanol–water partition coefficient (Wildman–Crippen LogP) is 0.213. The smallest absolute Gasteiger partial charge is 0.230 e. The number of amides is 1. The van der Waals surface area contributed by atoms with Crippen molar-refractivity contribution in [2.45, 2.75) is 25.8 Å². The number of hydrogen-bond donors (Lipinski definition) is 0. The van der Waals surface area contributed by atoms with E-state index in [4.69, 9.17) is 4.74 Å². The largest absolute Gasteiger partial charge is 0.381 e. The fraction of sp³-hybridized carbons (Fsp3) is 0.800. The van der Waals surface area contributed by atoms with Gasteiger partial charge in [0.05, 0.1) is 19.6 Å². The number of nitrogens with zero attached hydrogens (tertiary/aromatic N) is 1. The van der Waals surface area contributed by atoms with E-state index < -0.39 is 0 Å². The van der Waals surface area contributed by atoms with Gasteiger partial charge in [0.2, 0.25) is 5.91 Å². The Bertz CT molecular complexity index is 258. The molecular formula is C10H15NO3. The highest BCUT2D eigenvalue weighted by Crippen LogP contribution is 2.23. The number of rotatable bonds is 2. The highest BCUT2D eigenvalue weighted by atomic mass is 16.5. The minimum atomic E-state index is -0.0191. The highest BCUT2D eigenvalue weighted by Gasteiger charge is 2.35. The second-order valence-electron chi connectivity index (χ2n) is 4.10. The van der Waals surface area contributed by atoms with E-state index in [1.165, 1.54) is 0 Å². The first kappa shape index (κ1) is 9.65. The Balaban J connectivity index is 1.99. The molecule has 2 rings (SSSR count). The molecule has 0 saturated carbocycles. The van der Waals surface area contributed by atoms with Gasteiger partial charge in [-0.05, 0) is 13.3 Å². The molecule has 0 aromatic rings. The second-order valence-corrected chi connectivity index (χ2v) is 4.10. The Kier molecular flexibility index (Phi) is 2.54. The molecule has 4 nitrogen and oxygen atoms in total. The Morgan fingerprint density at radius 2 is 2.29 bits per heavy atom. The van der Waals surface area contributed by atoms with Crippen LogP contribution in [0.4, 0.5) is 0 Å². The molecule has 0 spiro atoms. The van der Waals surface area contributed by atoms with Crippen molar-refractivity contribution in [3.05, 3.63) is 0 Å². The SMILES string of the molecule is CC(C1CCOC1)N1CC(=O)CC1=O. The van der Waals surface area contributed by atoms with Gasteiger partial charge in [-0.2, -0.15) is 0 Å². The number of ether oxygens (including phenoxy) is 1. The van der Waals surface area contributed by atoms with Crippen LogP contribution in [0.1, 0.15) is 19.8 Å². The molecule has 0 bridgehead atoms. The van der Waals surface area contributed by atoms with Crippen molar-refractivity contribution < 1.29 is 14.3 Å². The number of Topliss-reactive ketones (excluding diaryl/α,β-unsaturated/α-hetero) is 1. The van der Waals surface area contributed by atoms with Crippen LogP contribution < -0.4 is 0 Å². The maximum Gasteiger partial charge on any atom is 0.230 e. The first-order valence-corrected chi connectivity index (χ1v) is 5.07. The van der Waals surface area contributed by atoms with Gasteiger partial charge in [0.1, 0.15) is 0 Å². The summed E-state index contributed by atoms with van der Waals surface area (Å²) < 4.78 is 5.28. The molecule has 1 amide bonds. The van der Waals surface area contributed by atoms with E-state index in [0.717, 1.165) is 19.6 Å². The molecule has 2 aliphatic heterocycles. The van der Waals surface area contributed by atoms with E-state index in [0.29, 0.717) is 12.5 Å². The average Bonchev–Trinajstić information content (AvgIpc) is 2.73. The third-order valence-corrected chi connectivity index (χ3v) is 3.15. The molecule has 2 saturated heterocycles. The van der Waals surface area contributed by atoms with Crippen molar-refractivity contribution >= 4 is 11.7 Å². The number of likely N-dealkylation sites (tertiary alicyclic amines) is 1. The molecule has 4 heteroatoms. The number of carbonyl (C=O) groups excluding carboxylic acids is 2. The molecule has 0 aromatic carbocycles. The molecule has 2 aliphatic rings. The van der Waals surface area contributed by atoms with Crippen LogP contribution in [0.15, 0.2) is 0 Å². The van der Waals surface area contributed by atoms with E-state index in [-0.39, 0.29) is 24.2 Å². The molecule has 2 atom stereocenters. The van der Waals surface area contributed by atoms with Crippen LogP contribution in [-0.4, -0.2) is 42.4 Å². The van der Waals surface area contributed by atoms with Gasteiger partial charge >= 0.3 is 0 Å². The monoisotopic (exact) mass is 197 g/mol.